The van der Waals surface area contributed by atoms with Crippen LogP contribution in [0.1, 0.15) is 57.8 Å². The van der Waals surface area contributed by atoms with Gasteiger partial charge in [-0.05, 0) is 31.2 Å². The zero-order chi connectivity index (χ0) is 30.1. The molecule has 2 heterocycles. The number of unbranched alkanes of at least 4 members (excludes halogenated alkanes) is 4. The summed E-state index contributed by atoms with van der Waals surface area (Å²) in [6.45, 7) is 5.12. The van der Waals surface area contributed by atoms with Gasteiger partial charge in [-0.1, -0.05) is 24.4 Å². The summed E-state index contributed by atoms with van der Waals surface area (Å²) in [5, 5.41) is 15.6. The van der Waals surface area contributed by atoms with Crippen molar-refractivity contribution in [2.45, 2.75) is 75.1 Å². The van der Waals surface area contributed by atoms with E-state index in [2.05, 4.69) is 31.3 Å². The second-order valence-corrected chi connectivity index (χ2v) is 11.4. The largest absolute Gasteiger partial charge is 0.379 e. The molecule has 0 spiro atoms. The molecule has 0 radical (unpaired) electrons. The molecule has 4 amide bonds. The SMILES string of the molecule is [N-]=[N+]=NCCCCCCNC(=O)CCOCCOCCOCCOCCNC(=O)CCCCC1SC[C@H]2NC(=O)N[C@@H]12. The van der Waals surface area contributed by atoms with Gasteiger partial charge in [-0.25, -0.2) is 4.79 Å². The number of urea groups is 1. The lowest BCUT2D eigenvalue weighted by molar-refractivity contribution is -0.122. The lowest BCUT2D eigenvalue weighted by Crippen LogP contribution is -2.36. The Bertz CT molecular complexity index is 820. The van der Waals surface area contributed by atoms with Crippen LogP contribution in [-0.2, 0) is 28.5 Å². The highest BCUT2D eigenvalue weighted by Gasteiger charge is 2.42. The van der Waals surface area contributed by atoms with E-state index in [1.54, 1.807) is 0 Å². The van der Waals surface area contributed by atoms with Crippen LogP contribution in [0.5, 0.6) is 0 Å². The number of nitrogens with one attached hydrogen (secondary N) is 4. The van der Waals surface area contributed by atoms with Gasteiger partial charge in [0.25, 0.3) is 0 Å². The standard InChI is InChI=1S/C27H49N7O7S/c28-34-31-11-6-2-1-5-10-29-25(36)9-13-38-15-17-40-19-20-41-18-16-39-14-12-30-24(35)8-4-3-7-23-26-22(21-42-23)32-27(37)33-26/h22-23,26H,1-21H2,(H,29,36)(H,30,35)(H2,32,33,37)/t22-,23?,26-/m1/s1. The molecule has 15 heteroatoms. The molecule has 0 saturated carbocycles. The molecule has 0 aliphatic carbocycles. The summed E-state index contributed by atoms with van der Waals surface area (Å²) in [4.78, 5) is 37.9. The van der Waals surface area contributed by atoms with Crippen molar-refractivity contribution in [3.8, 4) is 0 Å². The zero-order valence-corrected chi connectivity index (χ0v) is 25.5. The molecular weight excluding hydrogens is 566 g/mol. The molecule has 0 aromatic heterocycles. The lowest BCUT2D eigenvalue weighted by Gasteiger charge is -2.16. The Balaban J connectivity index is 1.23. The van der Waals surface area contributed by atoms with Crippen LogP contribution >= 0.6 is 11.8 Å². The van der Waals surface area contributed by atoms with Gasteiger partial charge < -0.3 is 40.2 Å². The van der Waals surface area contributed by atoms with Crippen molar-refractivity contribution < 1.29 is 33.3 Å². The third-order valence-corrected chi connectivity index (χ3v) is 8.32. The lowest BCUT2D eigenvalue weighted by atomic mass is 10.0. The second-order valence-electron chi connectivity index (χ2n) is 10.1. The smallest absolute Gasteiger partial charge is 0.315 e. The Morgan fingerprint density at radius 2 is 1.45 bits per heavy atom. The van der Waals surface area contributed by atoms with E-state index >= 15 is 0 Å². The number of amides is 4. The minimum Gasteiger partial charge on any atom is -0.379 e. The van der Waals surface area contributed by atoms with Gasteiger partial charge >= 0.3 is 6.03 Å². The predicted octanol–water partition coefficient (Wildman–Crippen LogP) is 2.27. The number of carbonyl (C=O) groups excluding carboxylic acids is 3. The number of hydrogen-bond donors (Lipinski definition) is 4. The van der Waals surface area contributed by atoms with Crippen LogP contribution in [0.3, 0.4) is 0 Å². The number of carbonyl (C=O) groups is 3. The summed E-state index contributed by atoms with van der Waals surface area (Å²) in [5.74, 6) is 0.973. The van der Waals surface area contributed by atoms with Crippen LogP contribution in [0, 0.1) is 0 Å². The second kappa shape index (κ2) is 24.2. The molecule has 2 aliphatic rings. The van der Waals surface area contributed by atoms with E-state index in [9.17, 15) is 14.4 Å². The molecular formula is C27H49N7O7S. The fraction of sp³-hybridized carbons (Fsp3) is 0.889. The summed E-state index contributed by atoms with van der Waals surface area (Å²) in [6.07, 6.45) is 7.42. The van der Waals surface area contributed by atoms with Crippen LogP contribution in [-0.4, -0.2) is 113 Å². The molecule has 0 bridgehead atoms. The van der Waals surface area contributed by atoms with E-state index in [0.717, 1.165) is 50.7 Å². The van der Waals surface area contributed by atoms with Crippen molar-refractivity contribution in [1.82, 2.24) is 21.3 Å². The maximum Gasteiger partial charge on any atom is 0.315 e. The van der Waals surface area contributed by atoms with Crippen molar-refractivity contribution in [2.24, 2.45) is 5.11 Å². The van der Waals surface area contributed by atoms with E-state index in [0.29, 0.717) is 90.6 Å². The van der Waals surface area contributed by atoms with E-state index in [-0.39, 0.29) is 29.9 Å². The summed E-state index contributed by atoms with van der Waals surface area (Å²) >= 11 is 1.90. The van der Waals surface area contributed by atoms with Gasteiger partial charge in [0.2, 0.25) is 11.8 Å². The number of fused-ring (bicyclic) bond motifs is 1. The van der Waals surface area contributed by atoms with Crippen molar-refractivity contribution in [3.05, 3.63) is 10.4 Å². The third kappa shape index (κ3) is 17.6. The van der Waals surface area contributed by atoms with Gasteiger partial charge in [0, 0.05) is 48.4 Å². The van der Waals surface area contributed by atoms with Crippen LogP contribution in [0.25, 0.3) is 10.4 Å². The number of rotatable bonds is 27. The first-order chi connectivity index (χ1) is 20.6. The summed E-state index contributed by atoms with van der Waals surface area (Å²) in [6, 6.07) is 0.403. The molecule has 2 aliphatic heterocycles. The van der Waals surface area contributed by atoms with E-state index in [1.165, 1.54) is 0 Å². The normalized spacial score (nSPS) is 19.0. The molecule has 2 fully saturated rings. The fourth-order valence-electron chi connectivity index (χ4n) is 4.57. The van der Waals surface area contributed by atoms with Crippen molar-refractivity contribution in [1.29, 1.82) is 0 Å². The molecule has 1 unspecified atom stereocenters. The summed E-state index contributed by atoms with van der Waals surface area (Å²) in [5.41, 5.74) is 8.20. The zero-order valence-electron chi connectivity index (χ0n) is 24.7. The molecule has 2 saturated heterocycles. The molecule has 240 valence electrons. The van der Waals surface area contributed by atoms with Crippen LogP contribution < -0.4 is 21.3 Å². The Hall–Kier alpha value is -2.29. The highest BCUT2D eigenvalue weighted by atomic mass is 32.2. The van der Waals surface area contributed by atoms with E-state index < -0.39 is 0 Å². The van der Waals surface area contributed by atoms with Crippen molar-refractivity contribution >= 4 is 29.6 Å². The maximum absolute atomic E-state index is 12.0. The fourth-order valence-corrected chi connectivity index (χ4v) is 6.12. The first-order valence-corrected chi connectivity index (χ1v) is 16.2. The summed E-state index contributed by atoms with van der Waals surface area (Å²) in [7, 11) is 0. The van der Waals surface area contributed by atoms with Gasteiger partial charge in [0.1, 0.15) is 0 Å². The van der Waals surface area contributed by atoms with Crippen LogP contribution in [0.2, 0.25) is 0 Å². The van der Waals surface area contributed by atoms with E-state index in [1.807, 2.05) is 11.8 Å². The van der Waals surface area contributed by atoms with Crippen LogP contribution in [0.15, 0.2) is 5.11 Å². The molecule has 0 aromatic carbocycles. The molecule has 0 aromatic rings. The molecule has 2 rings (SSSR count). The minimum absolute atomic E-state index is 0.0220. The van der Waals surface area contributed by atoms with Gasteiger partial charge in [-0.3, -0.25) is 9.59 Å². The number of ether oxygens (including phenoxy) is 4. The average Bonchev–Trinajstić information content (AvgIpc) is 3.53. The maximum atomic E-state index is 12.0. The van der Waals surface area contributed by atoms with Gasteiger partial charge in [0.05, 0.1) is 64.9 Å². The van der Waals surface area contributed by atoms with E-state index in [4.69, 9.17) is 24.5 Å². The highest BCUT2D eigenvalue weighted by Crippen LogP contribution is 2.33. The number of thioether (sulfide) groups is 1. The summed E-state index contributed by atoms with van der Waals surface area (Å²) < 4.78 is 21.8. The van der Waals surface area contributed by atoms with Crippen molar-refractivity contribution in [3.63, 3.8) is 0 Å². The molecule has 3 atom stereocenters. The topological polar surface area (TPSA) is 185 Å². The number of nitrogens with zero attached hydrogens (tertiary/aromatic N) is 3. The first-order valence-electron chi connectivity index (χ1n) is 15.1. The van der Waals surface area contributed by atoms with Crippen molar-refractivity contribution in [2.75, 3.05) is 78.2 Å². The average molecular weight is 616 g/mol. The quantitative estimate of drug-likeness (QED) is 0.0356. The van der Waals surface area contributed by atoms with Gasteiger partial charge in [-0.15, -0.1) is 0 Å². The Kier molecular flexibility index (Phi) is 20.7. The first kappa shape index (κ1) is 35.9. The Morgan fingerprint density at radius 3 is 2.19 bits per heavy atom. The minimum atomic E-state index is -0.0632. The monoisotopic (exact) mass is 615 g/mol. The Labute approximate surface area is 253 Å². The van der Waals surface area contributed by atoms with Gasteiger partial charge in [0.15, 0.2) is 0 Å². The third-order valence-electron chi connectivity index (χ3n) is 6.81. The number of hydrogen-bond acceptors (Lipinski definition) is 9. The molecule has 14 nitrogen and oxygen atoms in total. The van der Waals surface area contributed by atoms with Gasteiger partial charge in [-0.2, -0.15) is 11.8 Å². The predicted molar refractivity (Wildman–Crippen MR) is 160 cm³/mol. The molecule has 42 heavy (non-hydrogen) atoms. The van der Waals surface area contributed by atoms with Crippen LogP contribution in [0.4, 0.5) is 4.79 Å². The Morgan fingerprint density at radius 1 is 0.810 bits per heavy atom. The highest BCUT2D eigenvalue weighted by molar-refractivity contribution is 8.00. The number of azide groups is 1. The molecule has 4 N–H and O–H groups in total.